The summed E-state index contributed by atoms with van der Waals surface area (Å²) in [5.74, 6) is 1.56. The van der Waals surface area contributed by atoms with Crippen LogP contribution in [0.2, 0.25) is 0 Å². The van der Waals surface area contributed by atoms with Crippen molar-refractivity contribution >= 4 is 5.91 Å². The van der Waals surface area contributed by atoms with Gasteiger partial charge in [-0.1, -0.05) is 18.9 Å². The highest BCUT2D eigenvalue weighted by molar-refractivity contribution is 5.86. The van der Waals surface area contributed by atoms with Crippen molar-refractivity contribution in [3.8, 4) is 11.5 Å². The third-order valence-electron chi connectivity index (χ3n) is 4.29. The first-order chi connectivity index (χ1) is 10.1. The van der Waals surface area contributed by atoms with Gasteiger partial charge < -0.3 is 20.1 Å². The Morgan fingerprint density at radius 3 is 2.62 bits per heavy atom. The standard InChI is InChI=1S/C16H22N2O3/c1-18(15(19)16(17)6-2-3-7-16)11-12-4-5-13-14(10-12)21-9-8-20-13/h4-5,10H,2-3,6-9,11,17H2,1H3. The Hall–Kier alpha value is -1.75. The zero-order chi connectivity index (χ0) is 14.9. The predicted molar refractivity (Wildman–Crippen MR) is 79.3 cm³/mol. The Bertz CT molecular complexity index is 538. The van der Waals surface area contributed by atoms with Crippen LogP contribution in [0.5, 0.6) is 11.5 Å². The van der Waals surface area contributed by atoms with Crippen molar-refractivity contribution < 1.29 is 14.3 Å². The van der Waals surface area contributed by atoms with E-state index in [2.05, 4.69) is 0 Å². The van der Waals surface area contributed by atoms with E-state index in [1.165, 1.54) is 0 Å². The number of likely N-dealkylation sites (N-methyl/N-ethyl adjacent to an activating group) is 1. The predicted octanol–water partition coefficient (Wildman–Crippen LogP) is 1.69. The first kappa shape index (κ1) is 14.2. The molecule has 0 aromatic heterocycles. The highest BCUT2D eigenvalue weighted by Crippen LogP contribution is 2.32. The SMILES string of the molecule is CN(Cc1ccc2c(c1)OCCO2)C(=O)C1(N)CCCC1. The summed E-state index contributed by atoms with van der Waals surface area (Å²) >= 11 is 0. The molecule has 0 spiro atoms. The van der Waals surface area contributed by atoms with Crippen molar-refractivity contribution in [1.82, 2.24) is 4.90 Å². The normalized spacial score (nSPS) is 19.3. The lowest BCUT2D eigenvalue weighted by Crippen LogP contribution is -2.52. The molecule has 1 fully saturated rings. The van der Waals surface area contributed by atoms with Gasteiger partial charge in [-0.25, -0.2) is 0 Å². The third kappa shape index (κ3) is 2.83. The van der Waals surface area contributed by atoms with E-state index in [-0.39, 0.29) is 5.91 Å². The van der Waals surface area contributed by atoms with Crippen LogP contribution in [0.3, 0.4) is 0 Å². The molecule has 1 aliphatic heterocycles. The number of hydrogen-bond donors (Lipinski definition) is 1. The number of amides is 1. The van der Waals surface area contributed by atoms with Crippen molar-refractivity contribution in [2.24, 2.45) is 5.73 Å². The minimum absolute atomic E-state index is 0.0369. The first-order valence-corrected chi connectivity index (χ1v) is 7.51. The van der Waals surface area contributed by atoms with Gasteiger partial charge in [-0.3, -0.25) is 4.79 Å². The molecule has 21 heavy (non-hydrogen) atoms. The number of hydrogen-bond acceptors (Lipinski definition) is 4. The van der Waals surface area contributed by atoms with Gasteiger partial charge in [0.1, 0.15) is 13.2 Å². The van der Waals surface area contributed by atoms with E-state index in [1.54, 1.807) is 4.90 Å². The maximum absolute atomic E-state index is 12.5. The van der Waals surface area contributed by atoms with Gasteiger partial charge in [0.15, 0.2) is 11.5 Å². The number of nitrogens with zero attached hydrogens (tertiary/aromatic N) is 1. The van der Waals surface area contributed by atoms with E-state index in [0.29, 0.717) is 19.8 Å². The average molecular weight is 290 g/mol. The van der Waals surface area contributed by atoms with E-state index in [9.17, 15) is 4.79 Å². The smallest absolute Gasteiger partial charge is 0.242 e. The van der Waals surface area contributed by atoms with Crippen LogP contribution in [0.15, 0.2) is 18.2 Å². The lowest BCUT2D eigenvalue weighted by molar-refractivity contribution is -0.136. The molecule has 0 radical (unpaired) electrons. The molecule has 3 rings (SSSR count). The van der Waals surface area contributed by atoms with Crippen LogP contribution >= 0.6 is 0 Å². The third-order valence-corrected chi connectivity index (χ3v) is 4.29. The van der Waals surface area contributed by atoms with Crippen LogP contribution in [-0.4, -0.2) is 36.6 Å². The highest BCUT2D eigenvalue weighted by Gasteiger charge is 2.38. The number of fused-ring (bicyclic) bond motifs is 1. The van der Waals surface area contributed by atoms with Crippen LogP contribution in [0.25, 0.3) is 0 Å². The van der Waals surface area contributed by atoms with E-state index >= 15 is 0 Å². The van der Waals surface area contributed by atoms with Crippen molar-refractivity contribution in [3.63, 3.8) is 0 Å². The lowest BCUT2D eigenvalue weighted by Gasteiger charge is -2.29. The van der Waals surface area contributed by atoms with Crippen LogP contribution in [0.4, 0.5) is 0 Å². The van der Waals surface area contributed by atoms with Gasteiger partial charge in [-0.15, -0.1) is 0 Å². The zero-order valence-corrected chi connectivity index (χ0v) is 12.4. The van der Waals surface area contributed by atoms with Gasteiger partial charge in [0, 0.05) is 13.6 Å². The quantitative estimate of drug-likeness (QED) is 0.920. The minimum Gasteiger partial charge on any atom is -0.486 e. The van der Waals surface area contributed by atoms with Gasteiger partial charge in [-0.2, -0.15) is 0 Å². The van der Waals surface area contributed by atoms with Gasteiger partial charge in [-0.05, 0) is 30.5 Å². The summed E-state index contributed by atoms with van der Waals surface area (Å²) in [7, 11) is 1.81. The summed E-state index contributed by atoms with van der Waals surface area (Å²) in [6.07, 6.45) is 3.66. The number of nitrogens with two attached hydrogens (primary N) is 1. The molecule has 1 aromatic carbocycles. The summed E-state index contributed by atoms with van der Waals surface area (Å²) in [5, 5.41) is 0. The van der Waals surface area contributed by atoms with E-state index in [1.807, 2.05) is 25.2 Å². The van der Waals surface area contributed by atoms with Crippen LogP contribution in [0.1, 0.15) is 31.2 Å². The molecule has 0 bridgehead atoms. The minimum atomic E-state index is -0.664. The second kappa shape index (κ2) is 5.56. The second-order valence-electron chi connectivity index (χ2n) is 6.00. The molecule has 1 saturated carbocycles. The van der Waals surface area contributed by atoms with E-state index in [4.69, 9.17) is 15.2 Å². The van der Waals surface area contributed by atoms with Crippen molar-refractivity contribution in [1.29, 1.82) is 0 Å². The molecule has 0 saturated heterocycles. The van der Waals surface area contributed by atoms with Gasteiger partial charge in [0.05, 0.1) is 5.54 Å². The Kier molecular flexibility index (Phi) is 3.76. The van der Waals surface area contributed by atoms with Crippen LogP contribution in [-0.2, 0) is 11.3 Å². The Labute approximate surface area is 125 Å². The maximum Gasteiger partial charge on any atom is 0.242 e. The molecule has 0 unspecified atom stereocenters. The Morgan fingerprint density at radius 2 is 1.90 bits per heavy atom. The molecule has 114 valence electrons. The maximum atomic E-state index is 12.5. The Balaban J connectivity index is 1.69. The van der Waals surface area contributed by atoms with Gasteiger partial charge in [0.25, 0.3) is 0 Å². The number of carbonyl (C=O) groups is 1. The second-order valence-corrected chi connectivity index (χ2v) is 6.00. The Morgan fingerprint density at radius 1 is 1.24 bits per heavy atom. The van der Waals surface area contributed by atoms with Gasteiger partial charge >= 0.3 is 0 Å². The summed E-state index contributed by atoms with van der Waals surface area (Å²) in [4.78, 5) is 14.2. The molecular formula is C16H22N2O3. The molecule has 2 aliphatic rings. The van der Waals surface area contributed by atoms with E-state index < -0.39 is 5.54 Å². The first-order valence-electron chi connectivity index (χ1n) is 7.51. The highest BCUT2D eigenvalue weighted by atomic mass is 16.6. The van der Waals surface area contributed by atoms with E-state index in [0.717, 1.165) is 42.7 Å². The summed E-state index contributed by atoms with van der Waals surface area (Å²) in [6, 6.07) is 5.81. The molecule has 5 nitrogen and oxygen atoms in total. The van der Waals surface area contributed by atoms with Gasteiger partial charge in [0.2, 0.25) is 5.91 Å². The molecule has 2 N–H and O–H groups in total. The van der Waals surface area contributed by atoms with Crippen molar-refractivity contribution in [2.75, 3.05) is 20.3 Å². The zero-order valence-electron chi connectivity index (χ0n) is 12.4. The van der Waals surface area contributed by atoms with Crippen molar-refractivity contribution in [2.45, 2.75) is 37.8 Å². The monoisotopic (exact) mass is 290 g/mol. The fourth-order valence-corrected chi connectivity index (χ4v) is 3.13. The molecule has 1 amide bonds. The topological polar surface area (TPSA) is 64.8 Å². The number of carbonyl (C=O) groups excluding carboxylic acids is 1. The molecule has 1 aromatic rings. The molecule has 5 heteroatoms. The summed E-state index contributed by atoms with van der Waals surface area (Å²) < 4.78 is 11.1. The average Bonchev–Trinajstić information content (AvgIpc) is 2.94. The number of rotatable bonds is 3. The molecule has 1 heterocycles. The molecule has 0 atom stereocenters. The largest absolute Gasteiger partial charge is 0.486 e. The molecule has 1 aliphatic carbocycles. The van der Waals surface area contributed by atoms with Crippen LogP contribution < -0.4 is 15.2 Å². The van der Waals surface area contributed by atoms with Crippen LogP contribution in [0, 0.1) is 0 Å². The number of benzene rings is 1. The lowest BCUT2D eigenvalue weighted by atomic mass is 9.97. The fraction of sp³-hybridized carbons (Fsp3) is 0.562. The van der Waals surface area contributed by atoms with Crippen molar-refractivity contribution in [3.05, 3.63) is 23.8 Å². The fourth-order valence-electron chi connectivity index (χ4n) is 3.13. The number of ether oxygens (including phenoxy) is 2. The summed E-state index contributed by atoms with van der Waals surface area (Å²) in [6.45, 7) is 1.69. The summed E-state index contributed by atoms with van der Waals surface area (Å²) in [5.41, 5.74) is 6.59. The molecular weight excluding hydrogens is 268 g/mol.